The summed E-state index contributed by atoms with van der Waals surface area (Å²) in [5, 5.41) is 8.92. The minimum atomic E-state index is -0.818. The van der Waals surface area contributed by atoms with Gasteiger partial charge in [-0.25, -0.2) is 0 Å². The fourth-order valence-electron chi connectivity index (χ4n) is 3.97. The van der Waals surface area contributed by atoms with Crippen molar-refractivity contribution < 1.29 is 4.79 Å². The molecule has 0 unspecified atom stereocenters. The normalized spacial score (nSPS) is 23.0. The minimum Gasteiger partial charge on any atom is -0.340 e. The Morgan fingerprint density at radius 2 is 1.88 bits per heavy atom. The smallest absolute Gasteiger partial charge is 0.242 e. The number of aromatic nitrogens is 3. The van der Waals surface area contributed by atoms with Crippen LogP contribution < -0.4 is 5.73 Å². The average molecular weight is 348 g/mol. The summed E-state index contributed by atoms with van der Waals surface area (Å²) < 4.78 is 2.14. The fourth-order valence-corrected chi connectivity index (χ4v) is 3.97. The molecule has 1 aromatic heterocycles. The van der Waals surface area contributed by atoms with Gasteiger partial charge in [0.1, 0.15) is 11.6 Å². The van der Waals surface area contributed by atoms with Crippen molar-refractivity contribution in [1.29, 1.82) is 0 Å². The van der Waals surface area contributed by atoms with Crippen molar-refractivity contribution in [2.24, 2.45) is 12.8 Å². The molecular weight excluding hydrogens is 316 g/mol. The van der Waals surface area contributed by atoms with E-state index < -0.39 is 5.54 Å². The lowest BCUT2D eigenvalue weighted by Crippen LogP contribution is -2.53. The van der Waals surface area contributed by atoms with Crippen molar-refractivity contribution in [3.8, 4) is 0 Å². The Labute approximate surface area is 150 Å². The van der Waals surface area contributed by atoms with Crippen molar-refractivity contribution in [1.82, 2.24) is 24.6 Å². The van der Waals surface area contributed by atoms with Gasteiger partial charge >= 0.3 is 0 Å². The van der Waals surface area contributed by atoms with Crippen LogP contribution in [0.2, 0.25) is 0 Å². The van der Waals surface area contributed by atoms with E-state index in [-0.39, 0.29) is 11.8 Å². The number of piperidine rings is 2. The summed E-state index contributed by atoms with van der Waals surface area (Å²) in [5.41, 5.74) is 5.18. The van der Waals surface area contributed by atoms with Crippen molar-refractivity contribution in [2.75, 3.05) is 26.2 Å². The van der Waals surface area contributed by atoms with Crippen LogP contribution in [0, 0.1) is 0 Å². The van der Waals surface area contributed by atoms with Gasteiger partial charge in [-0.3, -0.25) is 9.69 Å². The number of rotatable bonds is 4. The van der Waals surface area contributed by atoms with Gasteiger partial charge in [0, 0.05) is 26.1 Å². The molecule has 0 spiro atoms. The van der Waals surface area contributed by atoms with Crippen LogP contribution in [0.3, 0.4) is 0 Å². The standard InChI is InChI=1S/C18H32N6O/c1-18(2,19)17(25)24-11-7-8-14(12-24)16-21-20-15(22(16)3)13-23-9-5-4-6-10-23/h14H,4-13,19H2,1-3H3/t14-/m1/s1. The molecule has 2 N–H and O–H groups in total. The molecule has 2 fully saturated rings. The molecule has 0 bridgehead atoms. The molecule has 2 saturated heterocycles. The second-order valence-corrected chi connectivity index (χ2v) is 8.18. The van der Waals surface area contributed by atoms with Crippen LogP contribution in [-0.2, 0) is 18.4 Å². The third-order valence-electron chi connectivity index (χ3n) is 5.44. The maximum absolute atomic E-state index is 12.5. The summed E-state index contributed by atoms with van der Waals surface area (Å²) in [6.07, 6.45) is 5.92. The molecule has 1 aromatic rings. The number of nitrogens with two attached hydrogens (primary N) is 1. The minimum absolute atomic E-state index is 0.0212. The Balaban J connectivity index is 1.68. The van der Waals surface area contributed by atoms with Gasteiger partial charge in [-0.1, -0.05) is 6.42 Å². The van der Waals surface area contributed by atoms with E-state index in [0.29, 0.717) is 6.54 Å². The van der Waals surface area contributed by atoms with Gasteiger partial charge in [0.2, 0.25) is 5.91 Å². The lowest BCUT2D eigenvalue weighted by molar-refractivity contribution is -0.137. The fraction of sp³-hybridized carbons (Fsp3) is 0.833. The predicted molar refractivity (Wildman–Crippen MR) is 97.0 cm³/mol. The summed E-state index contributed by atoms with van der Waals surface area (Å²) >= 11 is 0. The molecule has 3 rings (SSSR count). The molecule has 1 atom stereocenters. The second kappa shape index (κ2) is 7.41. The second-order valence-electron chi connectivity index (χ2n) is 8.18. The van der Waals surface area contributed by atoms with Crippen molar-refractivity contribution in [3.63, 3.8) is 0 Å². The Hall–Kier alpha value is -1.47. The zero-order valence-corrected chi connectivity index (χ0v) is 15.9. The van der Waals surface area contributed by atoms with Crippen molar-refractivity contribution in [2.45, 2.75) is 64.0 Å². The molecule has 7 nitrogen and oxygen atoms in total. The first-order chi connectivity index (χ1) is 11.9. The number of carbonyl (C=O) groups excluding carboxylic acids is 1. The highest BCUT2D eigenvalue weighted by Gasteiger charge is 2.33. The number of likely N-dealkylation sites (tertiary alicyclic amines) is 2. The summed E-state index contributed by atoms with van der Waals surface area (Å²) in [5.74, 6) is 2.29. The number of hydrogen-bond donors (Lipinski definition) is 1. The van der Waals surface area contributed by atoms with E-state index >= 15 is 0 Å². The van der Waals surface area contributed by atoms with E-state index in [1.54, 1.807) is 13.8 Å². The first kappa shape index (κ1) is 18.3. The monoisotopic (exact) mass is 348 g/mol. The van der Waals surface area contributed by atoms with Gasteiger partial charge in [0.25, 0.3) is 0 Å². The maximum Gasteiger partial charge on any atom is 0.242 e. The highest BCUT2D eigenvalue weighted by Crippen LogP contribution is 2.27. The molecule has 2 aliphatic rings. The highest BCUT2D eigenvalue weighted by molar-refractivity contribution is 5.85. The van der Waals surface area contributed by atoms with Crippen molar-refractivity contribution in [3.05, 3.63) is 11.6 Å². The first-order valence-electron chi connectivity index (χ1n) is 9.55. The van der Waals surface area contributed by atoms with Crippen LogP contribution >= 0.6 is 0 Å². The topological polar surface area (TPSA) is 80.3 Å². The zero-order chi connectivity index (χ0) is 18.0. The molecule has 25 heavy (non-hydrogen) atoms. The molecule has 7 heteroatoms. The third-order valence-corrected chi connectivity index (χ3v) is 5.44. The predicted octanol–water partition coefficient (Wildman–Crippen LogP) is 1.24. The van der Waals surface area contributed by atoms with E-state index in [2.05, 4.69) is 26.7 Å². The Morgan fingerprint density at radius 1 is 1.16 bits per heavy atom. The number of nitrogens with zero attached hydrogens (tertiary/aromatic N) is 5. The number of hydrogen-bond acceptors (Lipinski definition) is 5. The summed E-state index contributed by atoms with van der Waals surface area (Å²) in [6, 6.07) is 0. The van der Waals surface area contributed by atoms with Crippen LogP contribution in [-0.4, -0.2) is 62.2 Å². The first-order valence-corrected chi connectivity index (χ1v) is 9.55. The SMILES string of the molecule is Cn1c(CN2CCCCC2)nnc1[C@@H]1CCCN(C(=O)C(C)(C)N)C1. The summed E-state index contributed by atoms with van der Waals surface area (Å²) in [4.78, 5) is 16.9. The van der Waals surface area contributed by atoms with E-state index in [1.807, 2.05) is 4.90 Å². The highest BCUT2D eigenvalue weighted by atomic mass is 16.2. The van der Waals surface area contributed by atoms with Gasteiger partial charge in [-0.05, 0) is 52.6 Å². The Kier molecular flexibility index (Phi) is 5.43. The van der Waals surface area contributed by atoms with E-state index in [9.17, 15) is 4.79 Å². The zero-order valence-electron chi connectivity index (χ0n) is 15.9. The van der Waals surface area contributed by atoms with Gasteiger partial charge in [-0.2, -0.15) is 0 Å². The third kappa shape index (κ3) is 4.20. The molecule has 1 amide bonds. The van der Waals surface area contributed by atoms with Crippen LogP contribution in [0.25, 0.3) is 0 Å². The Morgan fingerprint density at radius 3 is 2.56 bits per heavy atom. The molecule has 0 aromatic carbocycles. The van der Waals surface area contributed by atoms with Crippen LogP contribution in [0.5, 0.6) is 0 Å². The van der Waals surface area contributed by atoms with Crippen LogP contribution in [0.4, 0.5) is 0 Å². The Bertz CT molecular complexity index is 599. The molecular formula is C18H32N6O. The van der Waals surface area contributed by atoms with Crippen LogP contribution in [0.15, 0.2) is 0 Å². The van der Waals surface area contributed by atoms with Gasteiger partial charge in [-0.15, -0.1) is 10.2 Å². The van der Waals surface area contributed by atoms with Gasteiger partial charge in [0.15, 0.2) is 0 Å². The quantitative estimate of drug-likeness (QED) is 0.886. The maximum atomic E-state index is 12.5. The lowest BCUT2D eigenvalue weighted by Gasteiger charge is -2.36. The van der Waals surface area contributed by atoms with E-state index in [1.165, 1.54) is 19.3 Å². The number of amides is 1. The molecule has 3 heterocycles. The largest absolute Gasteiger partial charge is 0.340 e. The van der Waals surface area contributed by atoms with Crippen LogP contribution in [0.1, 0.15) is 63.5 Å². The number of carbonyl (C=O) groups is 1. The van der Waals surface area contributed by atoms with E-state index in [4.69, 9.17) is 5.73 Å². The van der Waals surface area contributed by atoms with Gasteiger partial charge < -0.3 is 15.2 Å². The van der Waals surface area contributed by atoms with Crippen molar-refractivity contribution >= 4 is 5.91 Å². The molecule has 2 aliphatic heterocycles. The lowest BCUT2D eigenvalue weighted by atomic mass is 9.95. The van der Waals surface area contributed by atoms with E-state index in [0.717, 1.165) is 50.7 Å². The average Bonchev–Trinajstić information content (AvgIpc) is 2.95. The molecule has 0 aliphatic carbocycles. The van der Waals surface area contributed by atoms with Gasteiger partial charge in [0.05, 0.1) is 12.1 Å². The molecule has 140 valence electrons. The molecule has 0 radical (unpaired) electrons. The molecule has 0 saturated carbocycles. The summed E-state index contributed by atoms with van der Waals surface area (Å²) in [6.45, 7) is 8.20. The summed E-state index contributed by atoms with van der Waals surface area (Å²) in [7, 11) is 2.06.